The molecule has 25 heavy (non-hydrogen) atoms. The van der Waals surface area contributed by atoms with E-state index in [0.717, 1.165) is 11.1 Å². The van der Waals surface area contributed by atoms with Crippen LogP contribution in [0, 0.1) is 5.41 Å². The number of nitrogens with one attached hydrogen (secondary N) is 2. The second-order valence-electron chi connectivity index (χ2n) is 7.12. The number of rotatable bonds is 4. The fraction of sp³-hybridized carbons (Fsp3) is 0.316. The van der Waals surface area contributed by atoms with Gasteiger partial charge < -0.3 is 10.1 Å². The topological polar surface area (TPSA) is 80.3 Å². The highest BCUT2D eigenvalue weighted by atomic mass is 16.5. The lowest BCUT2D eigenvalue weighted by molar-refractivity contribution is -0.129. The molecule has 1 fully saturated rings. The summed E-state index contributed by atoms with van der Waals surface area (Å²) in [6, 6.07) is 10.9. The molecule has 1 aromatic carbocycles. The van der Waals surface area contributed by atoms with Crippen molar-refractivity contribution in [3.05, 3.63) is 48.8 Å². The van der Waals surface area contributed by atoms with Gasteiger partial charge in [-0.05, 0) is 34.7 Å². The van der Waals surface area contributed by atoms with Crippen LogP contribution in [0.5, 0.6) is 5.75 Å². The molecule has 1 aliphatic heterocycles. The summed E-state index contributed by atoms with van der Waals surface area (Å²) in [4.78, 5) is 28.1. The van der Waals surface area contributed by atoms with Crippen molar-refractivity contribution >= 4 is 11.9 Å². The number of imide groups is 1. The molecule has 0 radical (unpaired) electrons. The van der Waals surface area contributed by atoms with Gasteiger partial charge in [0.1, 0.15) is 12.4 Å². The summed E-state index contributed by atoms with van der Waals surface area (Å²) in [5.41, 5.74) is 0.436. The molecule has 0 aliphatic carbocycles. The molecule has 130 valence electrons. The van der Waals surface area contributed by atoms with E-state index in [1.807, 2.05) is 57.2 Å². The number of hydrogen-bond donors (Lipinski definition) is 2. The highest BCUT2D eigenvalue weighted by Crippen LogP contribution is 2.34. The van der Waals surface area contributed by atoms with Gasteiger partial charge in [0.2, 0.25) is 0 Å². The van der Waals surface area contributed by atoms with Gasteiger partial charge >= 0.3 is 6.03 Å². The Morgan fingerprint density at radius 3 is 2.32 bits per heavy atom. The Bertz CT molecular complexity index is 782. The van der Waals surface area contributed by atoms with E-state index in [4.69, 9.17) is 4.74 Å². The van der Waals surface area contributed by atoms with E-state index in [9.17, 15) is 9.59 Å². The number of hydrogen-bond acceptors (Lipinski definition) is 4. The Kier molecular flexibility index (Phi) is 4.20. The molecule has 0 saturated carbocycles. The number of nitrogens with zero attached hydrogens (tertiary/aromatic N) is 1. The summed E-state index contributed by atoms with van der Waals surface area (Å²) in [7, 11) is 0. The standard InChI is InChI=1S/C19H21N3O3/c1-18(2,3)19(16(23)21-17(24)22-19)12-25-15-8-6-13(7-9-15)14-5-4-10-20-11-14/h4-11H,12H2,1-3H3,(H2,21,22,23,24). The van der Waals surface area contributed by atoms with Gasteiger partial charge in [0, 0.05) is 12.4 Å². The van der Waals surface area contributed by atoms with Crippen molar-refractivity contribution in [2.24, 2.45) is 5.41 Å². The normalized spacial score (nSPS) is 20.1. The van der Waals surface area contributed by atoms with Gasteiger partial charge in [-0.15, -0.1) is 0 Å². The van der Waals surface area contributed by atoms with E-state index in [1.165, 1.54) is 0 Å². The number of benzene rings is 1. The van der Waals surface area contributed by atoms with Gasteiger partial charge in [0.15, 0.2) is 5.54 Å². The summed E-state index contributed by atoms with van der Waals surface area (Å²) in [5.74, 6) is 0.266. The van der Waals surface area contributed by atoms with Gasteiger partial charge in [-0.3, -0.25) is 15.1 Å². The third-order valence-corrected chi connectivity index (χ3v) is 4.53. The SMILES string of the molecule is CC(C)(C)C1(COc2ccc(-c3cccnc3)cc2)NC(=O)NC1=O. The summed E-state index contributed by atoms with van der Waals surface area (Å²) in [5, 5.41) is 5.04. The second kappa shape index (κ2) is 6.20. The molecular weight excluding hydrogens is 318 g/mol. The van der Waals surface area contributed by atoms with E-state index in [2.05, 4.69) is 15.6 Å². The van der Waals surface area contributed by atoms with Crippen LogP contribution in [-0.2, 0) is 4.79 Å². The lowest BCUT2D eigenvalue weighted by Crippen LogP contribution is -2.60. The molecule has 0 bridgehead atoms. The fourth-order valence-corrected chi connectivity index (χ4v) is 2.81. The van der Waals surface area contributed by atoms with E-state index in [-0.39, 0.29) is 12.5 Å². The van der Waals surface area contributed by atoms with Crippen LogP contribution in [0.2, 0.25) is 0 Å². The average Bonchev–Trinajstić information content (AvgIpc) is 2.89. The largest absolute Gasteiger partial charge is 0.491 e. The number of carbonyl (C=O) groups is 2. The third-order valence-electron chi connectivity index (χ3n) is 4.53. The van der Waals surface area contributed by atoms with Crippen molar-refractivity contribution in [2.45, 2.75) is 26.3 Å². The van der Waals surface area contributed by atoms with E-state index < -0.39 is 17.0 Å². The fourth-order valence-electron chi connectivity index (χ4n) is 2.81. The maximum absolute atomic E-state index is 12.3. The number of aromatic nitrogens is 1. The zero-order valence-electron chi connectivity index (χ0n) is 14.5. The summed E-state index contributed by atoms with van der Waals surface area (Å²) in [6.07, 6.45) is 3.52. The van der Waals surface area contributed by atoms with Crippen LogP contribution in [0.4, 0.5) is 4.79 Å². The van der Waals surface area contributed by atoms with Crippen molar-refractivity contribution in [2.75, 3.05) is 6.61 Å². The molecule has 2 aromatic rings. The molecule has 6 heteroatoms. The molecule has 0 spiro atoms. The Morgan fingerprint density at radius 1 is 1.08 bits per heavy atom. The molecule has 1 aliphatic rings. The molecule has 6 nitrogen and oxygen atoms in total. The van der Waals surface area contributed by atoms with Crippen LogP contribution in [-0.4, -0.2) is 29.1 Å². The first kappa shape index (κ1) is 17.0. The quantitative estimate of drug-likeness (QED) is 0.840. The van der Waals surface area contributed by atoms with Crippen LogP contribution in [0.25, 0.3) is 11.1 Å². The molecule has 3 rings (SSSR count). The van der Waals surface area contributed by atoms with Crippen molar-refractivity contribution in [3.63, 3.8) is 0 Å². The minimum Gasteiger partial charge on any atom is -0.491 e. The number of amides is 3. The van der Waals surface area contributed by atoms with Crippen LogP contribution in [0.15, 0.2) is 48.8 Å². The minimum absolute atomic E-state index is 0.0559. The Labute approximate surface area is 146 Å². The average molecular weight is 339 g/mol. The highest BCUT2D eigenvalue weighted by Gasteiger charge is 2.55. The van der Waals surface area contributed by atoms with Gasteiger partial charge in [-0.25, -0.2) is 4.79 Å². The highest BCUT2D eigenvalue weighted by molar-refractivity contribution is 6.07. The zero-order valence-corrected chi connectivity index (χ0v) is 14.5. The monoisotopic (exact) mass is 339 g/mol. The first-order valence-corrected chi connectivity index (χ1v) is 8.09. The van der Waals surface area contributed by atoms with Gasteiger partial charge in [0.05, 0.1) is 0 Å². The van der Waals surface area contributed by atoms with Crippen LogP contribution >= 0.6 is 0 Å². The Morgan fingerprint density at radius 2 is 1.80 bits per heavy atom. The predicted molar refractivity (Wildman–Crippen MR) is 94.0 cm³/mol. The van der Waals surface area contributed by atoms with Crippen LogP contribution in [0.3, 0.4) is 0 Å². The first-order chi connectivity index (χ1) is 11.8. The second-order valence-corrected chi connectivity index (χ2v) is 7.12. The lowest BCUT2D eigenvalue weighted by atomic mass is 9.74. The molecule has 1 aromatic heterocycles. The smallest absolute Gasteiger partial charge is 0.322 e. The molecule has 3 amide bonds. The summed E-state index contributed by atoms with van der Waals surface area (Å²) >= 11 is 0. The zero-order chi connectivity index (χ0) is 18.1. The maximum atomic E-state index is 12.3. The number of urea groups is 1. The molecular formula is C19H21N3O3. The molecule has 1 unspecified atom stereocenters. The van der Waals surface area contributed by atoms with Gasteiger partial charge in [-0.1, -0.05) is 39.0 Å². The summed E-state index contributed by atoms with van der Waals surface area (Å²) in [6.45, 7) is 5.74. The lowest BCUT2D eigenvalue weighted by Gasteiger charge is -2.38. The Hall–Kier alpha value is -2.89. The van der Waals surface area contributed by atoms with Crippen molar-refractivity contribution in [3.8, 4) is 16.9 Å². The van der Waals surface area contributed by atoms with Crippen molar-refractivity contribution < 1.29 is 14.3 Å². The Balaban J connectivity index is 1.76. The minimum atomic E-state index is -1.11. The molecule has 2 heterocycles. The third kappa shape index (κ3) is 3.20. The van der Waals surface area contributed by atoms with Crippen LogP contribution in [0.1, 0.15) is 20.8 Å². The van der Waals surface area contributed by atoms with E-state index in [1.54, 1.807) is 12.4 Å². The molecule has 1 saturated heterocycles. The van der Waals surface area contributed by atoms with Gasteiger partial charge in [-0.2, -0.15) is 0 Å². The van der Waals surface area contributed by atoms with E-state index in [0.29, 0.717) is 5.75 Å². The maximum Gasteiger partial charge on any atom is 0.322 e. The number of pyridine rings is 1. The molecule has 1 atom stereocenters. The van der Waals surface area contributed by atoms with Crippen LogP contribution < -0.4 is 15.4 Å². The van der Waals surface area contributed by atoms with E-state index >= 15 is 0 Å². The summed E-state index contributed by atoms with van der Waals surface area (Å²) < 4.78 is 5.84. The molecule has 2 N–H and O–H groups in total. The van der Waals surface area contributed by atoms with Crippen molar-refractivity contribution in [1.82, 2.24) is 15.6 Å². The number of ether oxygens (including phenoxy) is 1. The first-order valence-electron chi connectivity index (χ1n) is 8.09. The van der Waals surface area contributed by atoms with Gasteiger partial charge in [0.25, 0.3) is 5.91 Å². The van der Waals surface area contributed by atoms with Crippen molar-refractivity contribution in [1.29, 1.82) is 0 Å². The number of carbonyl (C=O) groups excluding carboxylic acids is 2. The predicted octanol–water partition coefficient (Wildman–Crippen LogP) is 2.75.